The summed E-state index contributed by atoms with van der Waals surface area (Å²) < 4.78 is 0. The van der Waals surface area contributed by atoms with E-state index in [2.05, 4.69) is 19.2 Å². The monoisotopic (exact) mass is 289 g/mol. The number of hydrogen-bond donors (Lipinski definition) is 2. The third-order valence-corrected chi connectivity index (χ3v) is 8.98. The second kappa shape index (κ2) is 4.06. The number of nitrogens with one attached hydrogen (secondary N) is 1. The van der Waals surface area contributed by atoms with Crippen molar-refractivity contribution in [3.8, 4) is 0 Å². The molecule has 0 aromatic heterocycles. The Morgan fingerprint density at radius 2 is 1.71 bits per heavy atom. The summed E-state index contributed by atoms with van der Waals surface area (Å²) in [5, 5.41) is 13.8. The number of aliphatic hydroxyl groups excluding tert-OH is 1. The van der Waals surface area contributed by atoms with Gasteiger partial charge in [-0.25, -0.2) is 0 Å². The molecule has 2 heteroatoms. The predicted octanol–water partition coefficient (Wildman–Crippen LogP) is 3.34. The van der Waals surface area contributed by atoms with Crippen LogP contribution in [0.15, 0.2) is 0 Å². The van der Waals surface area contributed by atoms with Crippen LogP contribution in [0.1, 0.15) is 65.2 Å². The minimum atomic E-state index is -0.00296. The van der Waals surface area contributed by atoms with Crippen molar-refractivity contribution in [1.82, 2.24) is 5.32 Å². The molecule has 5 aliphatic rings. The summed E-state index contributed by atoms with van der Waals surface area (Å²) in [4.78, 5) is 0. The molecule has 0 radical (unpaired) electrons. The first-order valence-corrected chi connectivity index (χ1v) is 9.46. The Balaban J connectivity index is 1.46. The number of hydrogen-bond acceptors (Lipinski definition) is 2. The van der Waals surface area contributed by atoms with Crippen LogP contribution in [0.5, 0.6) is 0 Å². The van der Waals surface area contributed by atoms with Gasteiger partial charge >= 0.3 is 0 Å². The van der Waals surface area contributed by atoms with Gasteiger partial charge in [-0.1, -0.05) is 13.8 Å². The summed E-state index contributed by atoms with van der Waals surface area (Å²) in [6, 6.07) is 1.74. The zero-order valence-corrected chi connectivity index (χ0v) is 13.6. The van der Waals surface area contributed by atoms with Crippen LogP contribution in [0.2, 0.25) is 0 Å². The van der Waals surface area contributed by atoms with Gasteiger partial charge < -0.3 is 10.4 Å². The van der Waals surface area contributed by atoms with Crippen molar-refractivity contribution in [3.05, 3.63) is 0 Å². The molecular formula is C19H31NO. The maximum absolute atomic E-state index is 10.1. The van der Waals surface area contributed by atoms with Crippen LogP contribution in [0.3, 0.4) is 0 Å². The summed E-state index contributed by atoms with van der Waals surface area (Å²) in [5.74, 6) is 3.76. The number of fused-ring (bicyclic) bond motifs is 7. The molecule has 0 aromatic carbocycles. The second-order valence-electron chi connectivity index (χ2n) is 9.62. The minimum Gasteiger partial charge on any atom is -0.393 e. The minimum absolute atomic E-state index is 0.00296. The van der Waals surface area contributed by atoms with E-state index in [9.17, 15) is 5.11 Å². The van der Waals surface area contributed by atoms with Crippen LogP contribution in [-0.4, -0.2) is 23.3 Å². The van der Waals surface area contributed by atoms with E-state index in [4.69, 9.17) is 0 Å². The molecule has 0 bridgehead atoms. The first-order valence-electron chi connectivity index (χ1n) is 9.46. The highest BCUT2D eigenvalue weighted by atomic mass is 16.3. The topological polar surface area (TPSA) is 42.2 Å². The Labute approximate surface area is 129 Å². The Morgan fingerprint density at radius 3 is 2.57 bits per heavy atom. The average molecular weight is 289 g/mol. The van der Waals surface area contributed by atoms with Crippen LogP contribution >= 0.6 is 0 Å². The van der Waals surface area contributed by atoms with Gasteiger partial charge in [-0.3, -0.25) is 0 Å². The summed E-state index contributed by atoms with van der Waals surface area (Å²) in [7, 11) is 0. The lowest BCUT2D eigenvalue weighted by atomic mass is 9.45. The molecule has 0 amide bonds. The highest BCUT2D eigenvalue weighted by molar-refractivity contribution is 5.21. The average Bonchev–Trinajstić information content (AvgIpc) is 3.17. The largest absolute Gasteiger partial charge is 0.393 e. The Kier molecular flexibility index (Phi) is 2.58. The van der Waals surface area contributed by atoms with E-state index in [-0.39, 0.29) is 6.10 Å². The Morgan fingerprint density at radius 1 is 0.905 bits per heavy atom. The molecule has 1 saturated heterocycles. The number of rotatable bonds is 0. The molecule has 4 aliphatic carbocycles. The van der Waals surface area contributed by atoms with Crippen LogP contribution in [0.25, 0.3) is 0 Å². The van der Waals surface area contributed by atoms with Crippen molar-refractivity contribution < 1.29 is 5.11 Å². The molecule has 5 fully saturated rings. The fourth-order valence-electron chi connectivity index (χ4n) is 7.72. The second-order valence-corrected chi connectivity index (χ2v) is 9.62. The van der Waals surface area contributed by atoms with Crippen molar-refractivity contribution in [3.63, 3.8) is 0 Å². The molecule has 21 heavy (non-hydrogen) atoms. The van der Waals surface area contributed by atoms with E-state index in [1.54, 1.807) is 0 Å². The molecule has 9 atom stereocenters. The highest BCUT2D eigenvalue weighted by Crippen LogP contribution is 2.68. The lowest BCUT2D eigenvalue weighted by Gasteiger charge is -2.60. The van der Waals surface area contributed by atoms with E-state index in [1.165, 1.54) is 38.5 Å². The van der Waals surface area contributed by atoms with Crippen molar-refractivity contribution in [2.75, 3.05) is 0 Å². The lowest BCUT2D eigenvalue weighted by Crippen LogP contribution is -2.54. The molecular weight excluding hydrogens is 258 g/mol. The lowest BCUT2D eigenvalue weighted by molar-refractivity contribution is -0.123. The van der Waals surface area contributed by atoms with E-state index >= 15 is 0 Å². The molecule has 0 aromatic rings. The molecule has 9 unspecified atom stereocenters. The summed E-state index contributed by atoms with van der Waals surface area (Å²) in [6.45, 7) is 5.19. The molecule has 0 spiro atoms. The van der Waals surface area contributed by atoms with Crippen molar-refractivity contribution in [2.45, 2.75) is 83.4 Å². The molecule has 1 aliphatic heterocycles. The first-order chi connectivity index (χ1) is 10.0. The fraction of sp³-hybridized carbons (Fsp3) is 1.00. The molecule has 1 heterocycles. The first kappa shape index (κ1) is 13.4. The van der Waals surface area contributed by atoms with E-state index in [0.717, 1.165) is 48.6 Å². The standard InChI is InChI=1S/C19H31NO/c1-18-7-5-12(21)9-11(18)3-4-13-14(18)6-8-19(2)15(13)10-16-17(19)20-16/h11-17,20-21H,3-10H2,1-2H3. The number of aliphatic hydroxyl groups is 1. The highest BCUT2D eigenvalue weighted by Gasteiger charge is 2.66. The molecule has 5 rings (SSSR count). The summed E-state index contributed by atoms with van der Waals surface area (Å²) in [5.41, 5.74) is 1.16. The summed E-state index contributed by atoms with van der Waals surface area (Å²) >= 11 is 0. The van der Waals surface area contributed by atoms with Gasteiger partial charge in [-0.05, 0) is 85.9 Å². The summed E-state index contributed by atoms with van der Waals surface area (Å²) in [6.07, 6.45) is 10.7. The van der Waals surface area contributed by atoms with Gasteiger partial charge in [0.25, 0.3) is 0 Å². The third kappa shape index (κ3) is 1.62. The van der Waals surface area contributed by atoms with Gasteiger partial charge in [0, 0.05) is 12.1 Å². The smallest absolute Gasteiger partial charge is 0.0543 e. The zero-order valence-electron chi connectivity index (χ0n) is 13.6. The van der Waals surface area contributed by atoms with Gasteiger partial charge in [-0.2, -0.15) is 0 Å². The van der Waals surface area contributed by atoms with E-state index in [1.807, 2.05) is 0 Å². The van der Waals surface area contributed by atoms with Gasteiger partial charge in [0.05, 0.1) is 6.10 Å². The van der Waals surface area contributed by atoms with Crippen molar-refractivity contribution in [2.24, 2.45) is 34.5 Å². The van der Waals surface area contributed by atoms with Crippen LogP contribution in [0.4, 0.5) is 0 Å². The molecule has 2 nitrogen and oxygen atoms in total. The van der Waals surface area contributed by atoms with Crippen LogP contribution in [-0.2, 0) is 0 Å². The van der Waals surface area contributed by atoms with Gasteiger partial charge in [0.2, 0.25) is 0 Å². The Hall–Kier alpha value is -0.0800. The normalized spacial score (nSPS) is 65.0. The maximum Gasteiger partial charge on any atom is 0.0543 e. The van der Waals surface area contributed by atoms with Crippen LogP contribution in [0, 0.1) is 34.5 Å². The quantitative estimate of drug-likeness (QED) is 0.672. The molecule has 118 valence electrons. The van der Waals surface area contributed by atoms with E-state index in [0.29, 0.717) is 10.8 Å². The van der Waals surface area contributed by atoms with Gasteiger partial charge in [-0.15, -0.1) is 0 Å². The Bertz CT molecular complexity index is 464. The predicted molar refractivity (Wildman–Crippen MR) is 83.8 cm³/mol. The fourth-order valence-corrected chi connectivity index (χ4v) is 7.72. The maximum atomic E-state index is 10.1. The van der Waals surface area contributed by atoms with Crippen molar-refractivity contribution in [1.29, 1.82) is 0 Å². The van der Waals surface area contributed by atoms with Crippen LogP contribution < -0.4 is 5.32 Å². The molecule has 4 saturated carbocycles. The van der Waals surface area contributed by atoms with Gasteiger partial charge in [0.15, 0.2) is 0 Å². The van der Waals surface area contributed by atoms with E-state index < -0.39 is 0 Å². The zero-order chi connectivity index (χ0) is 14.4. The number of piperidine rings is 1. The van der Waals surface area contributed by atoms with Crippen molar-refractivity contribution >= 4 is 0 Å². The molecule has 2 N–H and O–H groups in total. The van der Waals surface area contributed by atoms with Gasteiger partial charge in [0.1, 0.15) is 0 Å². The SMILES string of the molecule is CC12CCC(O)CC1CCC1C2CCC2(C)C1CC1NC12. The third-order valence-electron chi connectivity index (χ3n) is 8.98.